The maximum Gasteiger partial charge on any atom is 0.223 e. The minimum Gasteiger partial charge on any atom is -0.378 e. The number of carbonyl (C=O) groups excluding carboxylic acids is 1. The van der Waals surface area contributed by atoms with Crippen LogP contribution in [-0.2, 0) is 16.0 Å². The van der Waals surface area contributed by atoms with E-state index < -0.39 is 0 Å². The zero-order chi connectivity index (χ0) is 18.4. The van der Waals surface area contributed by atoms with Crippen LogP contribution in [-0.4, -0.2) is 36.6 Å². The van der Waals surface area contributed by atoms with Crippen molar-refractivity contribution in [3.05, 3.63) is 34.9 Å². The largest absolute Gasteiger partial charge is 0.378 e. The van der Waals surface area contributed by atoms with Crippen LogP contribution in [0.5, 0.6) is 0 Å². The molecule has 140 valence electrons. The summed E-state index contributed by atoms with van der Waals surface area (Å²) in [4.78, 5) is 14.8. The Hall–Kier alpha value is -1.06. The van der Waals surface area contributed by atoms with Crippen LogP contribution in [0.1, 0.15) is 52.5 Å². The Morgan fingerprint density at radius 3 is 2.60 bits per heavy atom. The minimum absolute atomic E-state index is 0.0716. The van der Waals surface area contributed by atoms with Gasteiger partial charge < -0.3 is 9.64 Å². The van der Waals surface area contributed by atoms with Gasteiger partial charge >= 0.3 is 0 Å². The summed E-state index contributed by atoms with van der Waals surface area (Å²) in [6, 6.07) is 8.02. The average molecular weight is 366 g/mol. The van der Waals surface area contributed by atoms with E-state index in [2.05, 4.69) is 19.9 Å². The van der Waals surface area contributed by atoms with Crippen molar-refractivity contribution in [2.24, 2.45) is 11.3 Å². The molecule has 2 atom stereocenters. The summed E-state index contributed by atoms with van der Waals surface area (Å²) >= 11 is 6.43. The Balaban J connectivity index is 2.27. The summed E-state index contributed by atoms with van der Waals surface area (Å²) in [6.45, 7) is 10.7. The molecule has 0 bridgehead atoms. The highest BCUT2D eigenvalue weighted by Gasteiger charge is 2.40. The molecule has 1 heterocycles. The van der Waals surface area contributed by atoms with Gasteiger partial charge in [-0.05, 0) is 56.1 Å². The third-order valence-corrected chi connectivity index (χ3v) is 5.88. The molecular weight excluding hydrogens is 334 g/mol. The van der Waals surface area contributed by atoms with Gasteiger partial charge in [-0.1, -0.05) is 43.6 Å². The van der Waals surface area contributed by atoms with Gasteiger partial charge in [-0.15, -0.1) is 0 Å². The molecule has 1 aliphatic heterocycles. The van der Waals surface area contributed by atoms with Crippen molar-refractivity contribution in [2.75, 3.05) is 19.7 Å². The van der Waals surface area contributed by atoms with E-state index in [0.29, 0.717) is 12.3 Å². The second-order valence-electron chi connectivity index (χ2n) is 7.62. The van der Waals surface area contributed by atoms with Crippen LogP contribution < -0.4 is 0 Å². The molecule has 1 amide bonds. The maximum absolute atomic E-state index is 12.9. The SMILES string of the molecule is CCN(CC)C(=O)C[C@]1(Cc2ccccc2Cl)CCO[C@H](C(C)C)C1. The Labute approximate surface area is 157 Å². The highest BCUT2D eigenvalue weighted by atomic mass is 35.5. The number of amides is 1. The molecule has 0 unspecified atom stereocenters. The monoisotopic (exact) mass is 365 g/mol. The molecule has 0 aliphatic carbocycles. The summed E-state index contributed by atoms with van der Waals surface area (Å²) < 4.78 is 6.00. The first kappa shape index (κ1) is 20.3. The fourth-order valence-electron chi connectivity index (χ4n) is 3.88. The van der Waals surface area contributed by atoms with Crippen molar-refractivity contribution in [3.8, 4) is 0 Å². The molecule has 1 fully saturated rings. The van der Waals surface area contributed by atoms with Crippen LogP contribution in [0.2, 0.25) is 5.02 Å². The third kappa shape index (κ3) is 5.21. The molecule has 0 N–H and O–H groups in total. The molecule has 2 rings (SSSR count). The van der Waals surface area contributed by atoms with Gasteiger partial charge in [-0.2, -0.15) is 0 Å². The van der Waals surface area contributed by atoms with Gasteiger partial charge in [0, 0.05) is 31.1 Å². The van der Waals surface area contributed by atoms with Crippen molar-refractivity contribution in [1.29, 1.82) is 0 Å². The summed E-state index contributed by atoms with van der Waals surface area (Å²) in [5, 5.41) is 0.796. The van der Waals surface area contributed by atoms with Gasteiger partial charge in [0.1, 0.15) is 0 Å². The van der Waals surface area contributed by atoms with Gasteiger partial charge in [0.05, 0.1) is 6.10 Å². The quantitative estimate of drug-likeness (QED) is 0.683. The molecule has 0 aromatic heterocycles. The molecule has 4 heteroatoms. The second kappa shape index (κ2) is 9.05. The molecule has 25 heavy (non-hydrogen) atoms. The van der Waals surface area contributed by atoms with Gasteiger partial charge in [0.2, 0.25) is 5.91 Å². The van der Waals surface area contributed by atoms with E-state index >= 15 is 0 Å². The number of nitrogens with zero attached hydrogens (tertiary/aromatic N) is 1. The molecule has 1 aromatic carbocycles. The van der Waals surface area contributed by atoms with Crippen LogP contribution >= 0.6 is 11.6 Å². The number of halogens is 1. The molecule has 0 radical (unpaired) electrons. The highest BCUT2D eigenvalue weighted by Crippen LogP contribution is 2.43. The first-order chi connectivity index (χ1) is 11.9. The van der Waals surface area contributed by atoms with E-state index in [1.165, 1.54) is 0 Å². The fraction of sp³-hybridized carbons (Fsp3) is 0.667. The lowest BCUT2D eigenvalue weighted by atomic mass is 9.69. The molecule has 3 nitrogen and oxygen atoms in total. The standard InChI is InChI=1S/C21H32ClNO2/c1-5-23(6-2)20(24)15-21(11-12-25-19(14-21)16(3)4)13-17-9-7-8-10-18(17)22/h7-10,16,19H,5-6,11-15H2,1-4H3/t19-,21-/m0/s1. The summed E-state index contributed by atoms with van der Waals surface area (Å²) in [5.41, 5.74) is 1.07. The Morgan fingerprint density at radius 1 is 1.32 bits per heavy atom. The van der Waals surface area contributed by atoms with E-state index in [0.717, 1.165) is 49.5 Å². The number of ether oxygens (including phenoxy) is 1. The van der Waals surface area contributed by atoms with E-state index in [9.17, 15) is 4.79 Å². The van der Waals surface area contributed by atoms with Crippen LogP contribution in [0.25, 0.3) is 0 Å². The van der Waals surface area contributed by atoms with Crippen LogP contribution in [0.3, 0.4) is 0 Å². The predicted molar refractivity (Wildman–Crippen MR) is 104 cm³/mol. The highest BCUT2D eigenvalue weighted by molar-refractivity contribution is 6.31. The Bertz CT molecular complexity index is 571. The third-order valence-electron chi connectivity index (χ3n) is 5.51. The lowest BCUT2D eigenvalue weighted by Gasteiger charge is -2.43. The topological polar surface area (TPSA) is 29.5 Å². The number of hydrogen-bond acceptors (Lipinski definition) is 2. The van der Waals surface area contributed by atoms with Crippen LogP contribution in [0.15, 0.2) is 24.3 Å². The van der Waals surface area contributed by atoms with Crippen molar-refractivity contribution in [3.63, 3.8) is 0 Å². The lowest BCUT2D eigenvalue weighted by Crippen LogP contribution is -2.43. The molecule has 0 saturated carbocycles. The Kier molecular flexibility index (Phi) is 7.33. The average Bonchev–Trinajstić information content (AvgIpc) is 2.58. The van der Waals surface area contributed by atoms with Crippen molar-refractivity contribution in [2.45, 2.75) is 59.5 Å². The van der Waals surface area contributed by atoms with E-state index in [4.69, 9.17) is 16.3 Å². The first-order valence-corrected chi connectivity index (χ1v) is 9.91. The number of rotatable bonds is 7. The number of benzene rings is 1. The normalized spacial score (nSPS) is 23.7. The van der Waals surface area contributed by atoms with Gasteiger partial charge in [0.15, 0.2) is 0 Å². The van der Waals surface area contributed by atoms with E-state index in [-0.39, 0.29) is 17.4 Å². The Morgan fingerprint density at radius 2 is 2.00 bits per heavy atom. The lowest BCUT2D eigenvalue weighted by molar-refractivity contribution is -0.137. The van der Waals surface area contributed by atoms with Crippen molar-refractivity contribution >= 4 is 17.5 Å². The van der Waals surface area contributed by atoms with Crippen LogP contribution in [0, 0.1) is 11.3 Å². The fourth-order valence-corrected chi connectivity index (χ4v) is 4.08. The first-order valence-electron chi connectivity index (χ1n) is 9.53. The minimum atomic E-state index is -0.0716. The number of hydrogen-bond donors (Lipinski definition) is 0. The zero-order valence-corrected chi connectivity index (χ0v) is 16.8. The van der Waals surface area contributed by atoms with Gasteiger partial charge in [-0.3, -0.25) is 4.79 Å². The maximum atomic E-state index is 12.9. The summed E-state index contributed by atoms with van der Waals surface area (Å²) in [7, 11) is 0. The smallest absolute Gasteiger partial charge is 0.223 e. The van der Waals surface area contributed by atoms with Crippen molar-refractivity contribution < 1.29 is 9.53 Å². The molecule has 0 spiro atoms. The van der Waals surface area contributed by atoms with Crippen LogP contribution in [0.4, 0.5) is 0 Å². The zero-order valence-electron chi connectivity index (χ0n) is 16.1. The van der Waals surface area contributed by atoms with Gasteiger partial charge in [0.25, 0.3) is 0 Å². The molecular formula is C21H32ClNO2. The second-order valence-corrected chi connectivity index (χ2v) is 8.03. The van der Waals surface area contributed by atoms with E-state index in [1.807, 2.05) is 36.9 Å². The molecule has 1 aliphatic rings. The summed E-state index contributed by atoms with van der Waals surface area (Å²) in [6.07, 6.45) is 3.46. The molecule has 1 saturated heterocycles. The predicted octanol–water partition coefficient (Wildman–Crippen LogP) is 4.96. The summed E-state index contributed by atoms with van der Waals surface area (Å²) in [5.74, 6) is 0.705. The van der Waals surface area contributed by atoms with E-state index in [1.54, 1.807) is 0 Å². The van der Waals surface area contributed by atoms with Crippen molar-refractivity contribution in [1.82, 2.24) is 4.90 Å². The molecule has 1 aromatic rings. The number of carbonyl (C=O) groups is 1. The van der Waals surface area contributed by atoms with Gasteiger partial charge in [-0.25, -0.2) is 0 Å².